The van der Waals surface area contributed by atoms with Crippen molar-refractivity contribution in [3.63, 3.8) is 0 Å². The smallest absolute Gasteiger partial charge is 0.151 e. The number of allylic oxidation sites excluding steroid dienone is 1. The minimum absolute atomic E-state index is 0.280. The van der Waals surface area contributed by atoms with Gasteiger partial charge < -0.3 is 20.5 Å². The van der Waals surface area contributed by atoms with Gasteiger partial charge in [0, 0.05) is 12.7 Å². The van der Waals surface area contributed by atoms with Crippen LogP contribution < -0.4 is 5.73 Å². The molecule has 90 valence electrons. The number of hydrogen-bond donors (Lipinski definition) is 3. The summed E-state index contributed by atoms with van der Waals surface area (Å²) in [7, 11) is 0. The molecule has 2 rings (SSSR count). The highest BCUT2D eigenvalue weighted by Gasteiger charge is 2.04. The van der Waals surface area contributed by atoms with Crippen molar-refractivity contribution in [3.05, 3.63) is 30.7 Å². The number of aromatic nitrogens is 3. The maximum absolute atomic E-state index is 9.15. The van der Waals surface area contributed by atoms with Crippen LogP contribution >= 0.6 is 0 Å². The van der Waals surface area contributed by atoms with E-state index in [4.69, 9.17) is 15.9 Å². The number of aliphatic hydroxyl groups is 2. The maximum atomic E-state index is 9.15. The van der Waals surface area contributed by atoms with E-state index in [0.717, 1.165) is 5.52 Å². The molecule has 0 aliphatic rings. The summed E-state index contributed by atoms with van der Waals surface area (Å²) in [4.78, 5) is 8.12. The quantitative estimate of drug-likeness (QED) is 0.643. The molecule has 0 aliphatic heterocycles. The third-order valence-electron chi connectivity index (χ3n) is 2.41. The molecule has 6 heteroatoms. The van der Waals surface area contributed by atoms with Crippen molar-refractivity contribution in [1.82, 2.24) is 14.5 Å². The number of nitrogens with two attached hydrogens (primary N) is 1. The van der Waals surface area contributed by atoms with Crippen LogP contribution in [0.1, 0.15) is 0 Å². The van der Waals surface area contributed by atoms with Gasteiger partial charge in [-0.15, -0.1) is 0 Å². The average molecular weight is 234 g/mol. The van der Waals surface area contributed by atoms with E-state index >= 15 is 0 Å². The number of imidazole rings is 1. The summed E-state index contributed by atoms with van der Waals surface area (Å²) in [5.41, 5.74) is 7.25. The Labute approximate surface area is 98.0 Å². The third kappa shape index (κ3) is 2.43. The fourth-order valence-corrected chi connectivity index (χ4v) is 1.55. The lowest BCUT2D eigenvalue weighted by molar-refractivity contribution is 0.131. The van der Waals surface area contributed by atoms with E-state index in [9.17, 15) is 0 Å². The largest absolute Gasteiger partial charge is 0.393 e. The molecule has 0 saturated heterocycles. The first-order chi connectivity index (χ1) is 8.22. The van der Waals surface area contributed by atoms with E-state index in [1.165, 1.54) is 6.08 Å². The third-order valence-corrected chi connectivity index (χ3v) is 2.41. The Balaban J connectivity index is 2.20. The Bertz CT molecular complexity index is 535. The lowest BCUT2D eigenvalue weighted by Crippen LogP contribution is -2.07. The summed E-state index contributed by atoms with van der Waals surface area (Å²) in [6, 6.07) is 1.83. The zero-order chi connectivity index (χ0) is 12.3. The summed E-state index contributed by atoms with van der Waals surface area (Å²) < 4.78 is 1.88. The molecular formula is C11H14N4O2. The monoisotopic (exact) mass is 234 g/mol. The van der Waals surface area contributed by atoms with Gasteiger partial charge in [-0.05, 0) is 6.07 Å². The van der Waals surface area contributed by atoms with Gasteiger partial charge in [0.1, 0.15) is 5.52 Å². The minimum atomic E-state index is -0.823. The highest BCUT2D eigenvalue weighted by Crippen LogP contribution is 2.16. The number of rotatable bonds is 4. The van der Waals surface area contributed by atoms with Gasteiger partial charge in [0.15, 0.2) is 5.82 Å². The predicted octanol–water partition coefficient (Wildman–Crippen LogP) is -0.0771. The normalized spacial score (nSPS) is 13.5. The van der Waals surface area contributed by atoms with Crippen molar-refractivity contribution in [3.8, 4) is 0 Å². The predicted molar refractivity (Wildman–Crippen MR) is 64.2 cm³/mol. The Morgan fingerprint density at radius 1 is 1.47 bits per heavy atom. The van der Waals surface area contributed by atoms with Crippen LogP contribution in [0.2, 0.25) is 0 Å². The van der Waals surface area contributed by atoms with E-state index in [1.54, 1.807) is 18.6 Å². The van der Waals surface area contributed by atoms with Crippen LogP contribution in [0.15, 0.2) is 30.7 Å². The molecule has 0 bridgehead atoms. The second kappa shape index (κ2) is 4.94. The average Bonchev–Trinajstić information content (AvgIpc) is 2.74. The standard InChI is InChI=1S/C11H14N4O2/c12-11-10-9(3-4-13-11)15(7-14-10)5-1-2-8(17)6-16/h1-4,7-8,16-17H,5-6H2,(H2,12,13)/b2-1-. The molecule has 0 aromatic carbocycles. The van der Waals surface area contributed by atoms with Gasteiger partial charge in [0.05, 0.1) is 24.6 Å². The summed E-state index contributed by atoms with van der Waals surface area (Å²) >= 11 is 0. The number of nitrogens with zero attached hydrogens (tertiary/aromatic N) is 3. The van der Waals surface area contributed by atoms with Crippen LogP contribution in [-0.2, 0) is 6.54 Å². The van der Waals surface area contributed by atoms with Crippen molar-refractivity contribution in [2.75, 3.05) is 12.3 Å². The van der Waals surface area contributed by atoms with Gasteiger partial charge in [-0.25, -0.2) is 9.97 Å². The van der Waals surface area contributed by atoms with Gasteiger partial charge in [-0.2, -0.15) is 0 Å². The first-order valence-corrected chi connectivity index (χ1v) is 5.23. The molecule has 2 aromatic rings. The number of hydrogen-bond acceptors (Lipinski definition) is 5. The van der Waals surface area contributed by atoms with E-state index in [2.05, 4.69) is 9.97 Å². The van der Waals surface area contributed by atoms with Gasteiger partial charge in [0.25, 0.3) is 0 Å². The highest BCUT2D eigenvalue weighted by atomic mass is 16.3. The molecule has 0 amide bonds. The molecule has 17 heavy (non-hydrogen) atoms. The Morgan fingerprint density at radius 2 is 2.29 bits per heavy atom. The van der Waals surface area contributed by atoms with Crippen LogP contribution in [0.4, 0.5) is 5.82 Å². The SMILES string of the molecule is Nc1nccc2c1ncn2C/C=C\C(O)CO. The summed E-state index contributed by atoms with van der Waals surface area (Å²) in [6.45, 7) is 0.273. The highest BCUT2D eigenvalue weighted by molar-refractivity contribution is 5.84. The van der Waals surface area contributed by atoms with E-state index < -0.39 is 6.10 Å². The first kappa shape index (κ1) is 11.6. The Morgan fingerprint density at radius 3 is 3.06 bits per heavy atom. The molecule has 0 radical (unpaired) electrons. The van der Waals surface area contributed by atoms with Crippen molar-refractivity contribution in [2.24, 2.45) is 0 Å². The molecular weight excluding hydrogens is 220 g/mol. The minimum Gasteiger partial charge on any atom is -0.393 e. The number of fused-ring (bicyclic) bond motifs is 1. The van der Waals surface area contributed by atoms with Crippen molar-refractivity contribution in [1.29, 1.82) is 0 Å². The van der Waals surface area contributed by atoms with Crippen molar-refractivity contribution in [2.45, 2.75) is 12.6 Å². The second-order valence-corrected chi connectivity index (χ2v) is 3.64. The molecule has 0 saturated carbocycles. The van der Waals surface area contributed by atoms with Gasteiger partial charge in [-0.1, -0.05) is 12.2 Å². The topological polar surface area (TPSA) is 97.2 Å². The molecule has 1 unspecified atom stereocenters. The zero-order valence-electron chi connectivity index (χ0n) is 9.19. The lowest BCUT2D eigenvalue weighted by Gasteiger charge is -2.01. The van der Waals surface area contributed by atoms with Gasteiger partial charge in [-0.3, -0.25) is 0 Å². The first-order valence-electron chi connectivity index (χ1n) is 5.23. The van der Waals surface area contributed by atoms with E-state index in [-0.39, 0.29) is 6.61 Å². The molecule has 6 nitrogen and oxygen atoms in total. The molecule has 2 heterocycles. The van der Waals surface area contributed by atoms with Crippen LogP contribution in [0.3, 0.4) is 0 Å². The fraction of sp³-hybridized carbons (Fsp3) is 0.273. The van der Waals surface area contributed by atoms with Gasteiger partial charge >= 0.3 is 0 Å². The molecule has 2 aromatic heterocycles. The van der Waals surface area contributed by atoms with Crippen LogP contribution in [0, 0.1) is 0 Å². The van der Waals surface area contributed by atoms with Crippen molar-refractivity contribution >= 4 is 16.9 Å². The van der Waals surface area contributed by atoms with E-state index in [1.807, 2.05) is 10.6 Å². The Kier molecular flexibility index (Phi) is 3.36. The summed E-state index contributed by atoms with van der Waals surface area (Å²) in [6.07, 6.45) is 5.77. The number of anilines is 1. The van der Waals surface area contributed by atoms with Crippen molar-refractivity contribution < 1.29 is 10.2 Å². The van der Waals surface area contributed by atoms with Crippen LogP contribution in [-0.4, -0.2) is 37.5 Å². The maximum Gasteiger partial charge on any atom is 0.151 e. The molecule has 0 aliphatic carbocycles. The molecule has 1 atom stereocenters. The number of pyridine rings is 1. The number of nitrogen functional groups attached to an aromatic ring is 1. The second-order valence-electron chi connectivity index (χ2n) is 3.64. The van der Waals surface area contributed by atoms with Gasteiger partial charge in [0.2, 0.25) is 0 Å². The summed E-state index contributed by atoms with van der Waals surface area (Å²) in [5.74, 6) is 0.403. The molecule has 0 spiro atoms. The number of aliphatic hydroxyl groups excluding tert-OH is 2. The zero-order valence-corrected chi connectivity index (χ0v) is 9.19. The molecule has 0 fully saturated rings. The van der Waals surface area contributed by atoms with Crippen LogP contribution in [0.5, 0.6) is 0 Å². The van der Waals surface area contributed by atoms with Crippen LogP contribution in [0.25, 0.3) is 11.0 Å². The lowest BCUT2D eigenvalue weighted by atomic mass is 10.3. The van der Waals surface area contributed by atoms with E-state index in [0.29, 0.717) is 17.9 Å². The summed E-state index contributed by atoms with van der Waals surface area (Å²) in [5, 5.41) is 17.8. The Hall–Kier alpha value is -1.92. The molecule has 4 N–H and O–H groups in total. The fourth-order valence-electron chi connectivity index (χ4n) is 1.55.